The molecule has 0 atom stereocenters. The first-order chi connectivity index (χ1) is 16.2. The summed E-state index contributed by atoms with van der Waals surface area (Å²) >= 11 is 2.95. The molecule has 0 saturated carbocycles. The van der Waals surface area contributed by atoms with E-state index in [1.807, 2.05) is 6.92 Å². The molecule has 1 N–H and O–H groups in total. The number of hydrogen-bond donors (Lipinski definition) is 1. The van der Waals surface area contributed by atoms with E-state index in [1.54, 1.807) is 60.3 Å². The van der Waals surface area contributed by atoms with E-state index in [0.717, 1.165) is 21.9 Å². The van der Waals surface area contributed by atoms with E-state index in [0.29, 0.717) is 34.7 Å². The monoisotopic (exact) mass is 520 g/mol. The lowest BCUT2D eigenvalue weighted by Crippen LogP contribution is -2.29. The van der Waals surface area contributed by atoms with Crippen LogP contribution in [0.3, 0.4) is 0 Å². The molecule has 0 spiro atoms. The first-order valence-electron chi connectivity index (χ1n) is 10.7. The number of nitrogens with zero attached hydrogens (tertiary/aromatic N) is 3. The Bertz CT molecular complexity index is 1210. The van der Waals surface area contributed by atoms with Gasteiger partial charge in [0.05, 0.1) is 25.1 Å². The molecular weight excluding hydrogens is 492 g/mol. The number of hydrogen-bond acceptors (Lipinski definition) is 8. The Kier molecular flexibility index (Phi) is 8.92. The first kappa shape index (κ1) is 26.0. The van der Waals surface area contributed by atoms with Gasteiger partial charge in [-0.3, -0.25) is 14.4 Å². The Hall–Kier alpha value is -2.63. The predicted molar refractivity (Wildman–Crippen MR) is 139 cm³/mol. The number of sulfonamides is 1. The summed E-state index contributed by atoms with van der Waals surface area (Å²) in [4.78, 5) is 12.6. The second-order valence-corrected chi connectivity index (χ2v) is 12.1. The molecule has 0 radical (unpaired) electrons. The minimum absolute atomic E-state index is 0.109. The molecule has 0 unspecified atom stereocenters. The standard InChI is InChI=1S/C23H28N4O4S3/c1-5-31-20-9-7-6-8-19(20)27(34(4,29)30)14-17-10-12-18(13-11-17)21(28)24-22-25-26-23(33-22)32-15-16(2)3/h6-13,16H,5,14-15H2,1-4H3,(H,24,25,28). The molecule has 11 heteroatoms. The lowest BCUT2D eigenvalue weighted by Gasteiger charge is -2.24. The highest BCUT2D eigenvalue weighted by molar-refractivity contribution is 8.01. The van der Waals surface area contributed by atoms with Gasteiger partial charge in [-0.1, -0.05) is 61.2 Å². The molecule has 8 nitrogen and oxygen atoms in total. The van der Waals surface area contributed by atoms with Crippen LogP contribution in [0.1, 0.15) is 36.7 Å². The number of carbonyl (C=O) groups is 1. The molecule has 3 aromatic rings. The lowest BCUT2D eigenvalue weighted by molar-refractivity contribution is 0.102. The Morgan fingerprint density at radius 2 is 1.85 bits per heavy atom. The van der Waals surface area contributed by atoms with Crippen LogP contribution >= 0.6 is 23.1 Å². The number of anilines is 2. The molecule has 0 bridgehead atoms. The van der Waals surface area contributed by atoms with Crippen molar-refractivity contribution in [1.29, 1.82) is 0 Å². The zero-order chi connectivity index (χ0) is 24.7. The minimum atomic E-state index is -3.57. The highest BCUT2D eigenvalue weighted by Crippen LogP contribution is 2.31. The highest BCUT2D eigenvalue weighted by atomic mass is 32.2. The molecule has 182 valence electrons. The summed E-state index contributed by atoms with van der Waals surface area (Å²) in [6.07, 6.45) is 1.16. The van der Waals surface area contributed by atoms with E-state index in [4.69, 9.17) is 4.74 Å². The van der Waals surface area contributed by atoms with Gasteiger partial charge in [-0.05, 0) is 42.7 Å². The van der Waals surface area contributed by atoms with Crippen LogP contribution in [0.2, 0.25) is 0 Å². The van der Waals surface area contributed by atoms with Crippen LogP contribution in [-0.2, 0) is 16.6 Å². The van der Waals surface area contributed by atoms with Gasteiger partial charge in [0.15, 0.2) is 4.34 Å². The fourth-order valence-corrected chi connectivity index (χ4v) is 5.59. The summed E-state index contributed by atoms with van der Waals surface area (Å²) in [5.41, 5.74) is 1.64. The third-order valence-electron chi connectivity index (χ3n) is 4.54. The van der Waals surface area contributed by atoms with Crippen LogP contribution in [-0.4, -0.2) is 43.1 Å². The number of aromatic nitrogens is 2. The third-order valence-corrected chi connectivity index (χ3v) is 8.07. The van der Waals surface area contributed by atoms with Gasteiger partial charge in [-0.15, -0.1) is 10.2 Å². The van der Waals surface area contributed by atoms with Crippen molar-refractivity contribution >= 4 is 49.8 Å². The summed E-state index contributed by atoms with van der Waals surface area (Å²) in [6, 6.07) is 13.8. The number of para-hydroxylation sites is 2. The summed E-state index contributed by atoms with van der Waals surface area (Å²) in [7, 11) is -3.57. The van der Waals surface area contributed by atoms with Gasteiger partial charge in [0.25, 0.3) is 5.91 Å². The van der Waals surface area contributed by atoms with Crippen molar-refractivity contribution in [2.24, 2.45) is 5.92 Å². The average Bonchev–Trinajstić information content (AvgIpc) is 3.24. The molecule has 2 aromatic carbocycles. The average molecular weight is 521 g/mol. The van der Waals surface area contributed by atoms with Gasteiger partial charge in [0.2, 0.25) is 15.2 Å². The number of thioether (sulfide) groups is 1. The normalized spacial score (nSPS) is 11.4. The summed E-state index contributed by atoms with van der Waals surface area (Å²) < 4.78 is 32.8. The topological polar surface area (TPSA) is 101 Å². The summed E-state index contributed by atoms with van der Waals surface area (Å²) in [6.45, 7) is 6.64. The van der Waals surface area contributed by atoms with Crippen LogP contribution in [0.4, 0.5) is 10.8 Å². The largest absolute Gasteiger partial charge is 0.492 e. The van der Waals surface area contributed by atoms with Crippen LogP contribution in [0.5, 0.6) is 5.75 Å². The number of benzene rings is 2. The van der Waals surface area contributed by atoms with Gasteiger partial charge in [0, 0.05) is 11.3 Å². The SMILES string of the molecule is CCOc1ccccc1N(Cc1ccc(C(=O)Nc2nnc(SCC(C)C)s2)cc1)S(C)(=O)=O. The quantitative estimate of drug-likeness (QED) is 0.283. The molecule has 0 aliphatic rings. The fraction of sp³-hybridized carbons (Fsp3) is 0.348. The van der Waals surface area contributed by atoms with Crippen molar-refractivity contribution in [3.63, 3.8) is 0 Å². The van der Waals surface area contributed by atoms with Crippen molar-refractivity contribution in [3.05, 3.63) is 59.7 Å². The Balaban J connectivity index is 1.71. The van der Waals surface area contributed by atoms with Gasteiger partial charge in [-0.25, -0.2) is 8.42 Å². The number of carbonyl (C=O) groups excluding carboxylic acids is 1. The second-order valence-electron chi connectivity index (χ2n) is 7.90. The van der Waals surface area contributed by atoms with E-state index >= 15 is 0 Å². The Morgan fingerprint density at radius 3 is 2.50 bits per heavy atom. The van der Waals surface area contributed by atoms with E-state index in [2.05, 4.69) is 29.4 Å². The molecule has 1 aromatic heterocycles. The van der Waals surface area contributed by atoms with Crippen molar-refractivity contribution in [3.8, 4) is 5.75 Å². The number of ether oxygens (including phenoxy) is 1. The van der Waals surface area contributed by atoms with Crippen LogP contribution in [0.15, 0.2) is 52.9 Å². The van der Waals surface area contributed by atoms with E-state index in [1.165, 1.54) is 15.6 Å². The number of nitrogens with one attached hydrogen (secondary N) is 1. The van der Waals surface area contributed by atoms with Gasteiger partial charge >= 0.3 is 0 Å². The highest BCUT2D eigenvalue weighted by Gasteiger charge is 2.21. The van der Waals surface area contributed by atoms with Crippen LogP contribution < -0.4 is 14.4 Å². The summed E-state index contributed by atoms with van der Waals surface area (Å²) in [5.74, 6) is 1.67. The van der Waals surface area contributed by atoms with Crippen molar-refractivity contribution in [1.82, 2.24) is 10.2 Å². The van der Waals surface area contributed by atoms with Gasteiger partial charge < -0.3 is 4.74 Å². The lowest BCUT2D eigenvalue weighted by atomic mass is 10.1. The maximum absolute atomic E-state index is 12.6. The Labute approximate surface area is 208 Å². The third kappa shape index (κ3) is 7.18. The summed E-state index contributed by atoms with van der Waals surface area (Å²) in [5, 5.41) is 11.3. The van der Waals surface area contributed by atoms with Crippen molar-refractivity contribution in [2.75, 3.05) is 28.2 Å². The first-order valence-corrected chi connectivity index (χ1v) is 14.4. The van der Waals surface area contributed by atoms with Gasteiger partial charge in [-0.2, -0.15) is 0 Å². The maximum Gasteiger partial charge on any atom is 0.257 e. The molecule has 0 saturated heterocycles. The maximum atomic E-state index is 12.6. The van der Waals surface area contributed by atoms with E-state index in [-0.39, 0.29) is 12.5 Å². The number of amides is 1. The number of rotatable bonds is 11. The van der Waals surface area contributed by atoms with Crippen molar-refractivity contribution in [2.45, 2.75) is 31.7 Å². The molecule has 1 amide bonds. The predicted octanol–water partition coefficient (Wildman–Crippen LogP) is 4.90. The van der Waals surface area contributed by atoms with Crippen molar-refractivity contribution < 1.29 is 17.9 Å². The molecule has 0 aliphatic heterocycles. The van der Waals surface area contributed by atoms with Crippen LogP contribution in [0, 0.1) is 5.92 Å². The van der Waals surface area contributed by atoms with Crippen LogP contribution in [0.25, 0.3) is 0 Å². The van der Waals surface area contributed by atoms with E-state index in [9.17, 15) is 13.2 Å². The zero-order valence-electron chi connectivity index (χ0n) is 19.5. The molecule has 34 heavy (non-hydrogen) atoms. The zero-order valence-corrected chi connectivity index (χ0v) is 22.0. The molecule has 1 heterocycles. The molecule has 0 aliphatic carbocycles. The molecular formula is C23H28N4O4S3. The Morgan fingerprint density at radius 1 is 1.15 bits per heavy atom. The minimum Gasteiger partial charge on any atom is -0.492 e. The van der Waals surface area contributed by atoms with Gasteiger partial charge in [0.1, 0.15) is 5.75 Å². The smallest absolute Gasteiger partial charge is 0.257 e. The second kappa shape index (κ2) is 11.7. The fourth-order valence-electron chi connectivity index (χ4n) is 2.98. The molecule has 3 rings (SSSR count). The van der Waals surface area contributed by atoms with E-state index < -0.39 is 10.0 Å². The molecule has 0 fully saturated rings.